The fourth-order valence-electron chi connectivity index (χ4n) is 1.92. The van der Waals surface area contributed by atoms with Gasteiger partial charge in [-0.1, -0.05) is 13.8 Å². The van der Waals surface area contributed by atoms with E-state index in [4.69, 9.17) is 4.42 Å². The van der Waals surface area contributed by atoms with Crippen LogP contribution in [0.25, 0.3) is 11.1 Å². The van der Waals surface area contributed by atoms with Gasteiger partial charge in [0.05, 0.1) is 6.26 Å². The summed E-state index contributed by atoms with van der Waals surface area (Å²) in [5, 5.41) is 9.23. The second kappa shape index (κ2) is 4.84. The van der Waals surface area contributed by atoms with Crippen LogP contribution in [0.3, 0.4) is 0 Å². The molecule has 1 heterocycles. The maximum Gasteiger partial charge on any atom is 0.339 e. The van der Waals surface area contributed by atoms with Crippen molar-refractivity contribution in [3.05, 3.63) is 47.4 Å². The number of carboxylic acids is 1. The van der Waals surface area contributed by atoms with Crippen LogP contribution in [-0.2, 0) is 0 Å². The molecule has 0 aliphatic carbocycles. The van der Waals surface area contributed by atoms with Gasteiger partial charge >= 0.3 is 5.97 Å². The smallest absolute Gasteiger partial charge is 0.339 e. The van der Waals surface area contributed by atoms with Gasteiger partial charge in [-0.15, -0.1) is 0 Å². The van der Waals surface area contributed by atoms with Crippen LogP contribution < -0.4 is 0 Å². The van der Waals surface area contributed by atoms with E-state index < -0.39 is 17.6 Å². The molecule has 19 heavy (non-hydrogen) atoms. The molecular weight excluding hydrogens is 254 g/mol. The van der Waals surface area contributed by atoms with E-state index in [1.807, 2.05) is 0 Å². The molecule has 5 heteroatoms. The quantitative estimate of drug-likeness (QED) is 0.911. The van der Waals surface area contributed by atoms with Crippen molar-refractivity contribution in [1.82, 2.24) is 0 Å². The summed E-state index contributed by atoms with van der Waals surface area (Å²) < 4.78 is 31.8. The van der Waals surface area contributed by atoms with Crippen LogP contribution in [0.15, 0.2) is 28.9 Å². The van der Waals surface area contributed by atoms with Crippen molar-refractivity contribution in [3.8, 4) is 11.1 Å². The predicted molar refractivity (Wildman–Crippen MR) is 65.1 cm³/mol. The fourth-order valence-corrected chi connectivity index (χ4v) is 1.92. The van der Waals surface area contributed by atoms with Gasteiger partial charge in [-0.2, -0.15) is 0 Å². The van der Waals surface area contributed by atoms with E-state index in [2.05, 4.69) is 0 Å². The van der Waals surface area contributed by atoms with Crippen LogP contribution in [0.1, 0.15) is 35.9 Å². The van der Waals surface area contributed by atoms with Crippen molar-refractivity contribution in [2.75, 3.05) is 0 Å². The molecule has 0 spiro atoms. The summed E-state index contributed by atoms with van der Waals surface area (Å²) in [6.45, 7) is 3.55. The third-order valence-electron chi connectivity index (χ3n) is 2.78. The highest BCUT2D eigenvalue weighted by Crippen LogP contribution is 2.33. The first-order chi connectivity index (χ1) is 8.91. The van der Waals surface area contributed by atoms with E-state index in [1.54, 1.807) is 13.8 Å². The third kappa shape index (κ3) is 2.36. The predicted octanol–water partition coefficient (Wildman–Crippen LogP) is 4.05. The minimum absolute atomic E-state index is 0.00875. The van der Waals surface area contributed by atoms with Gasteiger partial charge in [0.1, 0.15) is 23.0 Å². The number of halogens is 2. The fraction of sp³-hybridized carbons (Fsp3) is 0.214. The van der Waals surface area contributed by atoms with E-state index in [1.165, 1.54) is 12.3 Å². The summed E-state index contributed by atoms with van der Waals surface area (Å²) in [6.07, 6.45) is 1.19. The lowest BCUT2D eigenvalue weighted by molar-refractivity contribution is 0.0694. The van der Waals surface area contributed by atoms with Gasteiger partial charge in [-0.25, -0.2) is 13.6 Å². The zero-order valence-corrected chi connectivity index (χ0v) is 10.4. The first-order valence-electron chi connectivity index (χ1n) is 5.72. The Morgan fingerprint density at radius 3 is 2.47 bits per heavy atom. The largest absolute Gasteiger partial charge is 0.478 e. The van der Waals surface area contributed by atoms with Gasteiger partial charge in [0.2, 0.25) is 0 Å². The van der Waals surface area contributed by atoms with E-state index in [-0.39, 0.29) is 28.4 Å². The van der Waals surface area contributed by atoms with Gasteiger partial charge in [0.25, 0.3) is 0 Å². The van der Waals surface area contributed by atoms with E-state index in [0.29, 0.717) is 6.07 Å². The Labute approximate surface area is 108 Å². The van der Waals surface area contributed by atoms with Gasteiger partial charge in [0, 0.05) is 23.1 Å². The summed E-state index contributed by atoms with van der Waals surface area (Å²) in [6, 6.07) is 2.99. The molecular formula is C14H12F2O3. The first kappa shape index (κ1) is 13.3. The number of carbonyl (C=O) groups is 1. The maximum absolute atomic E-state index is 13.7. The second-order valence-corrected chi connectivity index (χ2v) is 4.47. The van der Waals surface area contributed by atoms with Crippen molar-refractivity contribution in [1.29, 1.82) is 0 Å². The zero-order valence-electron chi connectivity index (χ0n) is 10.4. The number of hydrogen-bond donors (Lipinski definition) is 1. The number of benzene rings is 1. The molecule has 0 unspecified atom stereocenters. The molecule has 1 N–H and O–H groups in total. The van der Waals surface area contributed by atoms with Crippen LogP contribution >= 0.6 is 0 Å². The lowest BCUT2D eigenvalue weighted by atomic mass is 9.98. The van der Waals surface area contributed by atoms with Crippen LogP contribution in [0.2, 0.25) is 0 Å². The highest BCUT2D eigenvalue weighted by atomic mass is 19.1. The van der Waals surface area contributed by atoms with E-state index >= 15 is 0 Å². The van der Waals surface area contributed by atoms with Crippen molar-refractivity contribution < 1.29 is 23.1 Å². The summed E-state index contributed by atoms with van der Waals surface area (Å²) in [5.41, 5.74) is 0.0451. The number of rotatable bonds is 3. The zero-order chi connectivity index (χ0) is 14.2. The Bertz CT molecular complexity index is 630. The minimum Gasteiger partial charge on any atom is -0.478 e. The van der Waals surface area contributed by atoms with E-state index in [9.17, 15) is 18.7 Å². The molecule has 0 bridgehead atoms. The van der Waals surface area contributed by atoms with Crippen LogP contribution in [0.5, 0.6) is 0 Å². The van der Waals surface area contributed by atoms with Crippen molar-refractivity contribution in [3.63, 3.8) is 0 Å². The molecule has 0 aliphatic heterocycles. The van der Waals surface area contributed by atoms with Crippen molar-refractivity contribution in [2.24, 2.45) is 0 Å². The van der Waals surface area contributed by atoms with Crippen molar-refractivity contribution >= 4 is 5.97 Å². The molecule has 3 nitrogen and oxygen atoms in total. The highest BCUT2D eigenvalue weighted by molar-refractivity contribution is 5.97. The van der Waals surface area contributed by atoms with Crippen LogP contribution in [0.4, 0.5) is 8.78 Å². The van der Waals surface area contributed by atoms with Crippen LogP contribution in [0, 0.1) is 11.6 Å². The third-order valence-corrected chi connectivity index (χ3v) is 2.78. The number of furan rings is 1. The molecule has 0 radical (unpaired) electrons. The minimum atomic E-state index is -1.20. The van der Waals surface area contributed by atoms with E-state index in [0.717, 1.165) is 6.07 Å². The van der Waals surface area contributed by atoms with Gasteiger partial charge in [0.15, 0.2) is 0 Å². The Kier molecular flexibility index (Phi) is 3.38. The van der Waals surface area contributed by atoms with Gasteiger partial charge in [-0.3, -0.25) is 0 Å². The Balaban J connectivity index is 2.66. The number of carboxylic acid groups (broad SMARTS) is 1. The summed E-state index contributed by atoms with van der Waals surface area (Å²) >= 11 is 0. The molecule has 2 rings (SSSR count). The first-order valence-corrected chi connectivity index (χ1v) is 5.72. The monoisotopic (exact) mass is 266 g/mol. The number of aromatic carboxylic acids is 1. The Morgan fingerprint density at radius 2 is 1.95 bits per heavy atom. The van der Waals surface area contributed by atoms with Crippen LogP contribution in [-0.4, -0.2) is 11.1 Å². The molecule has 0 atom stereocenters. The standard InChI is InChI=1S/C14H12F2O3/c1-7(2)13-12(14(17)18)10(6-19-13)9-4-3-8(15)5-11(9)16/h3-7H,1-2H3,(H,17,18). The lowest BCUT2D eigenvalue weighted by Gasteiger charge is -2.05. The second-order valence-electron chi connectivity index (χ2n) is 4.47. The topological polar surface area (TPSA) is 50.4 Å². The molecule has 0 saturated heterocycles. The number of hydrogen-bond acceptors (Lipinski definition) is 2. The summed E-state index contributed by atoms with van der Waals surface area (Å²) in [5.74, 6) is -2.62. The molecule has 100 valence electrons. The molecule has 1 aromatic carbocycles. The summed E-state index contributed by atoms with van der Waals surface area (Å²) in [4.78, 5) is 11.3. The SMILES string of the molecule is CC(C)c1occ(-c2ccc(F)cc2F)c1C(=O)O. The molecule has 0 saturated carbocycles. The summed E-state index contributed by atoms with van der Waals surface area (Å²) in [7, 11) is 0. The molecule has 0 fully saturated rings. The highest BCUT2D eigenvalue weighted by Gasteiger charge is 2.24. The normalized spacial score (nSPS) is 11.0. The average Bonchev–Trinajstić information content (AvgIpc) is 2.73. The molecule has 2 aromatic rings. The Morgan fingerprint density at radius 1 is 1.26 bits per heavy atom. The molecule has 1 aromatic heterocycles. The molecule has 0 aliphatic rings. The Hall–Kier alpha value is -2.17. The van der Waals surface area contributed by atoms with Gasteiger partial charge in [-0.05, 0) is 12.1 Å². The molecule has 0 amide bonds. The lowest BCUT2D eigenvalue weighted by Crippen LogP contribution is -2.03. The average molecular weight is 266 g/mol. The maximum atomic E-state index is 13.7. The van der Waals surface area contributed by atoms with Crippen molar-refractivity contribution in [2.45, 2.75) is 19.8 Å². The van der Waals surface area contributed by atoms with Gasteiger partial charge < -0.3 is 9.52 Å².